The summed E-state index contributed by atoms with van der Waals surface area (Å²) in [6.07, 6.45) is 5.81. The van der Waals surface area contributed by atoms with Crippen molar-refractivity contribution in [1.82, 2.24) is 14.4 Å². The molecule has 0 radical (unpaired) electrons. The zero-order valence-corrected chi connectivity index (χ0v) is 12.5. The van der Waals surface area contributed by atoms with Gasteiger partial charge in [-0.15, -0.1) is 11.3 Å². The van der Waals surface area contributed by atoms with Crippen LogP contribution in [-0.4, -0.2) is 27.4 Å². The molecule has 0 aliphatic rings. The molecule has 5 nitrogen and oxygen atoms in total. The molecule has 0 bridgehead atoms. The van der Waals surface area contributed by atoms with E-state index in [9.17, 15) is 4.79 Å². The van der Waals surface area contributed by atoms with Gasteiger partial charge in [0.2, 0.25) is 0 Å². The van der Waals surface area contributed by atoms with Crippen LogP contribution in [0, 0.1) is 0 Å². The van der Waals surface area contributed by atoms with E-state index in [1.165, 1.54) is 7.11 Å². The van der Waals surface area contributed by atoms with E-state index >= 15 is 0 Å². The molecule has 0 aromatic carbocycles. The summed E-state index contributed by atoms with van der Waals surface area (Å²) in [5.41, 5.74) is 2.90. The number of aromatic nitrogens is 3. The number of imidazole rings is 1. The first-order valence-electron chi connectivity index (χ1n) is 6.71. The highest BCUT2D eigenvalue weighted by Gasteiger charge is 2.10. The number of fused-ring (bicyclic) bond motifs is 1. The van der Waals surface area contributed by atoms with Crippen molar-refractivity contribution in [3.8, 4) is 11.4 Å². The van der Waals surface area contributed by atoms with Crippen LogP contribution >= 0.6 is 11.3 Å². The monoisotopic (exact) mass is 301 g/mol. The highest BCUT2D eigenvalue weighted by molar-refractivity contribution is 7.15. The average molecular weight is 301 g/mol. The molecule has 0 amide bonds. The normalized spacial score (nSPS) is 10.9. The van der Waals surface area contributed by atoms with E-state index in [0.29, 0.717) is 6.42 Å². The third-order valence-electron chi connectivity index (χ3n) is 3.25. The number of pyridine rings is 1. The maximum absolute atomic E-state index is 11.1. The Bertz CT molecular complexity index is 749. The Hall–Kier alpha value is -2.21. The lowest BCUT2D eigenvalue weighted by molar-refractivity contribution is -0.140. The molecule has 0 atom stereocenters. The highest BCUT2D eigenvalue weighted by Crippen LogP contribution is 2.23. The Morgan fingerprint density at radius 1 is 1.38 bits per heavy atom. The number of nitrogens with zero attached hydrogens (tertiary/aromatic N) is 3. The molecule has 0 N–H and O–H groups in total. The number of thiazole rings is 1. The summed E-state index contributed by atoms with van der Waals surface area (Å²) in [6.45, 7) is 0. The number of esters is 1. The van der Waals surface area contributed by atoms with Crippen molar-refractivity contribution in [2.45, 2.75) is 19.3 Å². The molecule has 108 valence electrons. The first-order chi connectivity index (χ1) is 10.3. The van der Waals surface area contributed by atoms with Crippen LogP contribution in [0.25, 0.3) is 16.3 Å². The summed E-state index contributed by atoms with van der Waals surface area (Å²) in [5.74, 6) is -0.165. The zero-order chi connectivity index (χ0) is 14.7. The molecule has 0 aliphatic carbocycles. The van der Waals surface area contributed by atoms with Gasteiger partial charge >= 0.3 is 5.97 Å². The second-order valence-electron chi connectivity index (χ2n) is 4.65. The molecule has 3 aromatic heterocycles. The molecule has 3 heterocycles. The van der Waals surface area contributed by atoms with Gasteiger partial charge < -0.3 is 4.74 Å². The van der Waals surface area contributed by atoms with Crippen molar-refractivity contribution in [2.24, 2.45) is 0 Å². The minimum Gasteiger partial charge on any atom is -0.469 e. The summed E-state index contributed by atoms with van der Waals surface area (Å²) in [5, 5.41) is 2.09. The van der Waals surface area contributed by atoms with Crippen LogP contribution in [0.1, 0.15) is 18.5 Å². The predicted molar refractivity (Wildman–Crippen MR) is 81.3 cm³/mol. The summed E-state index contributed by atoms with van der Waals surface area (Å²) in [7, 11) is 1.42. The van der Waals surface area contributed by atoms with Gasteiger partial charge in [0.05, 0.1) is 12.8 Å². The highest BCUT2D eigenvalue weighted by atomic mass is 32.1. The second kappa shape index (κ2) is 6.05. The summed E-state index contributed by atoms with van der Waals surface area (Å²) >= 11 is 1.60. The van der Waals surface area contributed by atoms with Crippen LogP contribution in [0.15, 0.2) is 36.0 Å². The molecule has 0 saturated carbocycles. The fourth-order valence-electron chi connectivity index (χ4n) is 2.16. The third kappa shape index (κ3) is 2.95. The lowest BCUT2D eigenvalue weighted by atomic mass is 10.2. The molecule has 0 unspecified atom stereocenters. The first-order valence-corrected chi connectivity index (χ1v) is 7.59. The number of ether oxygens (including phenoxy) is 1. The van der Waals surface area contributed by atoms with Crippen LogP contribution in [0.3, 0.4) is 0 Å². The van der Waals surface area contributed by atoms with Gasteiger partial charge in [-0.1, -0.05) is 6.07 Å². The van der Waals surface area contributed by atoms with E-state index in [2.05, 4.69) is 24.5 Å². The number of rotatable bonds is 5. The van der Waals surface area contributed by atoms with Gasteiger partial charge in [0.1, 0.15) is 5.69 Å². The molecule has 0 spiro atoms. The van der Waals surface area contributed by atoms with E-state index in [-0.39, 0.29) is 5.97 Å². The lowest BCUT2D eigenvalue weighted by Crippen LogP contribution is -2.01. The number of carbonyl (C=O) groups is 1. The quantitative estimate of drug-likeness (QED) is 0.680. The Labute approximate surface area is 126 Å². The molecule has 21 heavy (non-hydrogen) atoms. The van der Waals surface area contributed by atoms with Crippen molar-refractivity contribution in [3.05, 3.63) is 41.7 Å². The van der Waals surface area contributed by atoms with Gasteiger partial charge in [0.25, 0.3) is 0 Å². The molecule has 3 aromatic rings. The van der Waals surface area contributed by atoms with Crippen molar-refractivity contribution in [3.63, 3.8) is 0 Å². The number of aryl methyl sites for hydroxylation is 1. The van der Waals surface area contributed by atoms with E-state index in [1.807, 2.05) is 24.4 Å². The first kappa shape index (κ1) is 13.8. The summed E-state index contributed by atoms with van der Waals surface area (Å²) < 4.78 is 6.73. The van der Waals surface area contributed by atoms with Gasteiger partial charge in [-0.25, -0.2) is 4.98 Å². The minimum atomic E-state index is -0.165. The fourth-order valence-corrected chi connectivity index (χ4v) is 3.07. The van der Waals surface area contributed by atoms with Crippen LogP contribution < -0.4 is 0 Å². The minimum absolute atomic E-state index is 0.165. The molecular formula is C15H15N3O2S. The van der Waals surface area contributed by atoms with E-state index in [1.54, 1.807) is 17.5 Å². The van der Waals surface area contributed by atoms with E-state index in [0.717, 1.165) is 34.9 Å². The van der Waals surface area contributed by atoms with Crippen LogP contribution in [0.2, 0.25) is 0 Å². The van der Waals surface area contributed by atoms with Gasteiger partial charge in [0.15, 0.2) is 4.96 Å². The van der Waals surface area contributed by atoms with Crippen molar-refractivity contribution in [1.29, 1.82) is 0 Å². The molecular weight excluding hydrogens is 286 g/mol. The van der Waals surface area contributed by atoms with Gasteiger partial charge in [-0.05, 0) is 25.0 Å². The van der Waals surface area contributed by atoms with Crippen molar-refractivity contribution < 1.29 is 9.53 Å². The topological polar surface area (TPSA) is 56.5 Å². The third-order valence-corrected chi connectivity index (χ3v) is 4.14. The largest absolute Gasteiger partial charge is 0.469 e. The van der Waals surface area contributed by atoms with Gasteiger partial charge in [-0.3, -0.25) is 14.2 Å². The van der Waals surface area contributed by atoms with E-state index < -0.39 is 0 Å². The van der Waals surface area contributed by atoms with Gasteiger partial charge in [0, 0.05) is 29.9 Å². The van der Waals surface area contributed by atoms with Crippen molar-refractivity contribution in [2.75, 3.05) is 7.11 Å². The number of carbonyl (C=O) groups excluding carboxylic acids is 1. The fraction of sp³-hybridized carbons (Fsp3) is 0.267. The Morgan fingerprint density at radius 2 is 2.29 bits per heavy atom. The number of hydrogen-bond acceptors (Lipinski definition) is 5. The van der Waals surface area contributed by atoms with Crippen LogP contribution in [0.4, 0.5) is 0 Å². The lowest BCUT2D eigenvalue weighted by Gasteiger charge is -1.99. The second-order valence-corrected chi connectivity index (χ2v) is 5.49. The maximum Gasteiger partial charge on any atom is 0.305 e. The summed E-state index contributed by atoms with van der Waals surface area (Å²) in [4.78, 5) is 21.0. The molecule has 0 aliphatic heterocycles. The average Bonchev–Trinajstić information content (AvgIpc) is 3.09. The molecule has 3 rings (SSSR count). The van der Waals surface area contributed by atoms with Crippen molar-refractivity contribution >= 4 is 22.3 Å². The smallest absolute Gasteiger partial charge is 0.305 e. The predicted octanol–water partition coefficient (Wildman–Crippen LogP) is 2.95. The number of methoxy groups -OCH3 is 1. The standard InChI is InChI=1S/C15H15N3O2S/c1-20-14(19)7-4-5-11-10-21-15-17-13(9-18(11)15)12-6-2-3-8-16-12/h2-3,6,8-10H,4-5,7H2,1H3. The Morgan fingerprint density at radius 3 is 3.05 bits per heavy atom. The van der Waals surface area contributed by atoms with Crippen LogP contribution in [-0.2, 0) is 16.0 Å². The summed E-state index contributed by atoms with van der Waals surface area (Å²) in [6, 6.07) is 5.79. The molecule has 0 saturated heterocycles. The molecule has 6 heteroatoms. The Kier molecular flexibility index (Phi) is 3.96. The maximum atomic E-state index is 11.1. The SMILES string of the molecule is COC(=O)CCCc1csc2nc(-c3ccccn3)cn12. The Balaban J connectivity index is 1.79. The number of hydrogen-bond donors (Lipinski definition) is 0. The zero-order valence-electron chi connectivity index (χ0n) is 11.7. The van der Waals surface area contributed by atoms with Crippen LogP contribution in [0.5, 0.6) is 0 Å². The molecule has 0 fully saturated rings. The van der Waals surface area contributed by atoms with Gasteiger partial charge in [-0.2, -0.15) is 0 Å². The van der Waals surface area contributed by atoms with E-state index in [4.69, 9.17) is 0 Å².